The maximum absolute atomic E-state index is 12.9. The zero-order chi connectivity index (χ0) is 18.4. The topological polar surface area (TPSA) is 113 Å². The summed E-state index contributed by atoms with van der Waals surface area (Å²) in [4.78, 5) is 22.1. The molecule has 2 aromatic rings. The van der Waals surface area contributed by atoms with Gasteiger partial charge in [-0.3, -0.25) is 14.3 Å². The predicted octanol–water partition coefficient (Wildman–Crippen LogP) is 1.83. The van der Waals surface area contributed by atoms with E-state index in [1.54, 1.807) is 0 Å². The second-order valence-corrected chi connectivity index (χ2v) is 6.72. The summed E-state index contributed by atoms with van der Waals surface area (Å²) in [5, 5.41) is 10.9. The Kier molecular flexibility index (Phi) is 5.71. The first-order valence-electron chi connectivity index (χ1n) is 7.16. The van der Waals surface area contributed by atoms with Crippen molar-refractivity contribution >= 4 is 27.6 Å². The standard InChI is InChI=1S/C16H15FN2O5S/c17-12-3-7-14(8-4-12)25(23,24)19-13-5-1-11(2-6-13)16(22)18-10-9-15(20)21/h1-8,19H,9-10H2,(H,18,22)(H,20,21). The highest BCUT2D eigenvalue weighted by Gasteiger charge is 2.14. The number of aliphatic carboxylic acids is 1. The fraction of sp³-hybridized carbons (Fsp3) is 0.125. The second-order valence-electron chi connectivity index (χ2n) is 5.04. The first-order valence-corrected chi connectivity index (χ1v) is 8.65. The fourth-order valence-electron chi connectivity index (χ4n) is 1.90. The third-order valence-electron chi connectivity index (χ3n) is 3.15. The molecule has 0 aliphatic rings. The summed E-state index contributed by atoms with van der Waals surface area (Å²) in [5.41, 5.74) is 0.488. The van der Waals surface area contributed by atoms with Crippen LogP contribution in [-0.4, -0.2) is 31.9 Å². The summed E-state index contributed by atoms with van der Waals surface area (Å²) >= 11 is 0. The van der Waals surface area contributed by atoms with Crippen LogP contribution in [0.15, 0.2) is 53.4 Å². The smallest absolute Gasteiger partial charge is 0.305 e. The van der Waals surface area contributed by atoms with E-state index in [2.05, 4.69) is 10.0 Å². The van der Waals surface area contributed by atoms with Crippen LogP contribution in [0.1, 0.15) is 16.8 Å². The Hall–Kier alpha value is -2.94. The van der Waals surface area contributed by atoms with E-state index in [1.807, 2.05) is 0 Å². The number of carboxylic acid groups (broad SMARTS) is 1. The summed E-state index contributed by atoms with van der Waals surface area (Å²) in [7, 11) is -3.87. The van der Waals surface area contributed by atoms with E-state index >= 15 is 0 Å². The molecule has 9 heteroatoms. The maximum atomic E-state index is 12.9. The average Bonchev–Trinajstić information content (AvgIpc) is 2.55. The fourth-order valence-corrected chi connectivity index (χ4v) is 2.96. The Labute approximate surface area is 143 Å². The second kappa shape index (κ2) is 7.75. The Bertz CT molecular complexity index is 864. The van der Waals surface area contributed by atoms with Crippen LogP contribution < -0.4 is 10.0 Å². The molecule has 0 spiro atoms. The largest absolute Gasteiger partial charge is 0.481 e. The molecule has 0 aliphatic heterocycles. The van der Waals surface area contributed by atoms with Crippen LogP contribution in [0.3, 0.4) is 0 Å². The van der Waals surface area contributed by atoms with E-state index in [9.17, 15) is 22.4 Å². The zero-order valence-corrected chi connectivity index (χ0v) is 13.7. The molecule has 25 heavy (non-hydrogen) atoms. The molecule has 0 unspecified atom stereocenters. The molecule has 2 aromatic carbocycles. The predicted molar refractivity (Wildman–Crippen MR) is 88.2 cm³/mol. The van der Waals surface area contributed by atoms with Crippen molar-refractivity contribution in [2.24, 2.45) is 0 Å². The molecule has 0 saturated heterocycles. The van der Waals surface area contributed by atoms with E-state index in [1.165, 1.54) is 24.3 Å². The van der Waals surface area contributed by atoms with Gasteiger partial charge >= 0.3 is 5.97 Å². The summed E-state index contributed by atoms with van der Waals surface area (Å²) in [6.07, 6.45) is -0.193. The Morgan fingerprint density at radius 3 is 2.16 bits per heavy atom. The molecule has 0 saturated carbocycles. The number of rotatable bonds is 7. The van der Waals surface area contributed by atoms with Gasteiger partial charge in [0, 0.05) is 17.8 Å². The molecule has 0 radical (unpaired) electrons. The summed E-state index contributed by atoms with van der Waals surface area (Å²) < 4.78 is 39.5. The molecular weight excluding hydrogens is 351 g/mol. The van der Waals surface area contributed by atoms with E-state index in [0.29, 0.717) is 0 Å². The van der Waals surface area contributed by atoms with Crippen LogP contribution in [0.25, 0.3) is 0 Å². The Morgan fingerprint density at radius 2 is 1.60 bits per heavy atom. The molecule has 132 valence electrons. The van der Waals surface area contributed by atoms with E-state index in [0.717, 1.165) is 24.3 Å². The van der Waals surface area contributed by atoms with Gasteiger partial charge in [0.2, 0.25) is 0 Å². The lowest BCUT2D eigenvalue weighted by molar-refractivity contribution is -0.136. The van der Waals surface area contributed by atoms with Crippen molar-refractivity contribution in [3.05, 3.63) is 59.9 Å². The maximum Gasteiger partial charge on any atom is 0.305 e. The number of benzene rings is 2. The average molecular weight is 366 g/mol. The van der Waals surface area contributed by atoms with Crippen molar-refractivity contribution < 1.29 is 27.5 Å². The molecule has 0 fully saturated rings. The number of anilines is 1. The number of halogens is 1. The first-order chi connectivity index (χ1) is 11.8. The Morgan fingerprint density at radius 1 is 1.00 bits per heavy atom. The lowest BCUT2D eigenvalue weighted by atomic mass is 10.2. The summed E-state index contributed by atoms with van der Waals surface area (Å²) in [6, 6.07) is 9.96. The third-order valence-corrected chi connectivity index (χ3v) is 4.54. The lowest BCUT2D eigenvalue weighted by Crippen LogP contribution is -2.25. The number of hydrogen-bond acceptors (Lipinski definition) is 4. The van der Waals surface area contributed by atoms with Gasteiger partial charge in [-0.05, 0) is 48.5 Å². The van der Waals surface area contributed by atoms with Crippen molar-refractivity contribution in [2.45, 2.75) is 11.3 Å². The first kappa shape index (κ1) is 18.4. The minimum atomic E-state index is -3.87. The van der Waals surface area contributed by atoms with Gasteiger partial charge < -0.3 is 10.4 Å². The highest BCUT2D eigenvalue weighted by Crippen LogP contribution is 2.17. The van der Waals surface area contributed by atoms with Gasteiger partial charge in [0.25, 0.3) is 15.9 Å². The van der Waals surface area contributed by atoms with Crippen LogP contribution in [0.5, 0.6) is 0 Å². The monoisotopic (exact) mass is 366 g/mol. The number of hydrogen-bond donors (Lipinski definition) is 3. The minimum absolute atomic E-state index is 0.00683. The molecule has 7 nitrogen and oxygen atoms in total. The van der Waals surface area contributed by atoms with Gasteiger partial charge in [-0.15, -0.1) is 0 Å². The number of amides is 1. The number of sulfonamides is 1. The molecule has 1 amide bonds. The van der Waals surface area contributed by atoms with Crippen molar-refractivity contribution in [1.82, 2.24) is 5.32 Å². The molecule has 3 N–H and O–H groups in total. The molecule has 2 rings (SSSR count). The summed E-state index contributed by atoms with van der Waals surface area (Å²) in [5.74, 6) is -2.03. The van der Waals surface area contributed by atoms with Gasteiger partial charge in [0.05, 0.1) is 11.3 Å². The molecule has 0 bridgehead atoms. The van der Waals surface area contributed by atoms with Crippen molar-refractivity contribution in [3.63, 3.8) is 0 Å². The third kappa shape index (κ3) is 5.28. The molecular formula is C16H15FN2O5S. The van der Waals surface area contributed by atoms with Gasteiger partial charge in [0.15, 0.2) is 0 Å². The van der Waals surface area contributed by atoms with E-state index in [4.69, 9.17) is 5.11 Å². The van der Waals surface area contributed by atoms with Gasteiger partial charge in [-0.1, -0.05) is 0 Å². The molecule has 0 aromatic heterocycles. The molecule has 0 atom stereocenters. The van der Waals surface area contributed by atoms with Crippen molar-refractivity contribution in [1.29, 1.82) is 0 Å². The number of carboxylic acids is 1. The zero-order valence-electron chi connectivity index (χ0n) is 12.9. The van der Waals surface area contributed by atoms with Crippen molar-refractivity contribution in [3.8, 4) is 0 Å². The van der Waals surface area contributed by atoms with Crippen molar-refractivity contribution in [2.75, 3.05) is 11.3 Å². The number of carbonyl (C=O) groups is 2. The van der Waals surface area contributed by atoms with E-state index < -0.39 is 27.7 Å². The van der Waals surface area contributed by atoms with Crippen LogP contribution in [-0.2, 0) is 14.8 Å². The quantitative estimate of drug-likeness (QED) is 0.692. The SMILES string of the molecule is O=C(O)CCNC(=O)c1ccc(NS(=O)(=O)c2ccc(F)cc2)cc1. The van der Waals surface area contributed by atoms with Crippen LogP contribution in [0, 0.1) is 5.82 Å². The van der Waals surface area contributed by atoms with Gasteiger partial charge in [-0.2, -0.15) is 0 Å². The van der Waals surface area contributed by atoms with Crippen LogP contribution in [0.2, 0.25) is 0 Å². The highest BCUT2D eigenvalue weighted by atomic mass is 32.2. The van der Waals surface area contributed by atoms with Crippen LogP contribution >= 0.6 is 0 Å². The van der Waals surface area contributed by atoms with Gasteiger partial charge in [0.1, 0.15) is 5.82 Å². The number of nitrogens with one attached hydrogen (secondary N) is 2. The highest BCUT2D eigenvalue weighted by molar-refractivity contribution is 7.92. The van der Waals surface area contributed by atoms with Crippen LogP contribution in [0.4, 0.5) is 10.1 Å². The summed E-state index contributed by atoms with van der Waals surface area (Å²) in [6.45, 7) is -0.00683. The van der Waals surface area contributed by atoms with E-state index in [-0.39, 0.29) is 29.1 Å². The van der Waals surface area contributed by atoms with Gasteiger partial charge in [-0.25, -0.2) is 12.8 Å². The normalized spacial score (nSPS) is 10.9. The lowest BCUT2D eigenvalue weighted by Gasteiger charge is -2.09. The molecule has 0 aliphatic carbocycles. The molecule has 0 heterocycles. The number of carbonyl (C=O) groups excluding carboxylic acids is 1. The Balaban J connectivity index is 2.03. The minimum Gasteiger partial charge on any atom is -0.481 e.